The topological polar surface area (TPSA) is 35.5 Å². The van der Waals surface area contributed by atoms with E-state index in [2.05, 4.69) is 0 Å². The van der Waals surface area contributed by atoms with E-state index in [0.717, 1.165) is 6.07 Å². The van der Waals surface area contributed by atoms with Gasteiger partial charge in [0.15, 0.2) is 5.78 Å². The third kappa shape index (κ3) is 3.24. The van der Waals surface area contributed by atoms with Crippen molar-refractivity contribution < 1.29 is 18.5 Å². The number of halogens is 2. The van der Waals surface area contributed by atoms with E-state index in [0.29, 0.717) is 11.0 Å². The van der Waals surface area contributed by atoms with Crippen LogP contribution >= 0.6 is 11.6 Å². The minimum absolute atomic E-state index is 0.0943. The molecular weight excluding hydrogens is 341 g/mol. The van der Waals surface area contributed by atoms with E-state index in [-0.39, 0.29) is 16.4 Å². The first-order valence-electron chi connectivity index (χ1n) is 8.07. The molecule has 0 aliphatic carbocycles. The Kier molecular flexibility index (Phi) is 4.52. The molecule has 0 aromatic heterocycles. The van der Waals surface area contributed by atoms with Gasteiger partial charge in [-0.2, -0.15) is 0 Å². The molecule has 1 aliphatic rings. The minimum Gasteiger partial charge on any atom is -0.399 e. The summed E-state index contributed by atoms with van der Waals surface area (Å²) in [4.78, 5) is 12.6. The highest BCUT2D eigenvalue weighted by Crippen LogP contribution is 2.37. The van der Waals surface area contributed by atoms with Crippen LogP contribution in [0.5, 0.6) is 0 Å². The lowest BCUT2D eigenvalue weighted by Crippen LogP contribution is -2.41. The van der Waals surface area contributed by atoms with Gasteiger partial charge in [-0.05, 0) is 39.8 Å². The molecule has 1 heterocycles. The maximum atomic E-state index is 14.4. The minimum atomic E-state index is -0.837. The molecular formula is C19H19BClFO3. The third-order valence-corrected chi connectivity index (χ3v) is 5.26. The molecule has 0 radical (unpaired) electrons. The van der Waals surface area contributed by atoms with Crippen molar-refractivity contribution in [2.75, 3.05) is 0 Å². The fourth-order valence-corrected chi connectivity index (χ4v) is 2.84. The largest absolute Gasteiger partial charge is 0.496 e. The monoisotopic (exact) mass is 360 g/mol. The molecule has 2 aromatic rings. The quantitative estimate of drug-likeness (QED) is 0.613. The molecule has 3 nitrogen and oxygen atoms in total. The third-order valence-electron chi connectivity index (χ3n) is 4.86. The summed E-state index contributed by atoms with van der Waals surface area (Å²) < 4.78 is 26.2. The lowest BCUT2D eigenvalue weighted by Gasteiger charge is -2.32. The van der Waals surface area contributed by atoms with Crippen LogP contribution in [0.3, 0.4) is 0 Å². The van der Waals surface area contributed by atoms with Crippen LogP contribution in [0.4, 0.5) is 4.39 Å². The molecule has 1 saturated heterocycles. The summed E-state index contributed by atoms with van der Waals surface area (Å²) in [7, 11) is -0.837. The number of hydrogen-bond acceptors (Lipinski definition) is 3. The molecule has 0 saturated carbocycles. The average molecular weight is 361 g/mol. The highest BCUT2D eigenvalue weighted by Gasteiger charge is 2.52. The van der Waals surface area contributed by atoms with Gasteiger partial charge in [-0.3, -0.25) is 4.79 Å². The summed E-state index contributed by atoms with van der Waals surface area (Å²) in [6.45, 7) is 7.60. The maximum Gasteiger partial charge on any atom is 0.496 e. The molecule has 2 aromatic carbocycles. The van der Waals surface area contributed by atoms with Crippen LogP contribution in [0.2, 0.25) is 5.02 Å². The fourth-order valence-electron chi connectivity index (χ4n) is 2.64. The Labute approximate surface area is 152 Å². The van der Waals surface area contributed by atoms with Crippen molar-refractivity contribution >= 4 is 30.0 Å². The van der Waals surface area contributed by atoms with E-state index in [9.17, 15) is 9.18 Å². The summed E-state index contributed by atoms with van der Waals surface area (Å²) in [6.07, 6.45) is 0. The molecule has 0 bridgehead atoms. The van der Waals surface area contributed by atoms with Gasteiger partial charge in [0, 0.05) is 16.6 Å². The van der Waals surface area contributed by atoms with Crippen LogP contribution in [0, 0.1) is 5.82 Å². The van der Waals surface area contributed by atoms with Gasteiger partial charge in [0.1, 0.15) is 5.82 Å². The van der Waals surface area contributed by atoms with Gasteiger partial charge in [-0.25, -0.2) is 4.39 Å². The van der Waals surface area contributed by atoms with Crippen molar-refractivity contribution in [1.29, 1.82) is 0 Å². The molecule has 0 unspecified atom stereocenters. The second kappa shape index (κ2) is 6.24. The van der Waals surface area contributed by atoms with Crippen molar-refractivity contribution in [3.8, 4) is 0 Å². The fraction of sp³-hybridized carbons (Fsp3) is 0.316. The second-order valence-corrected chi connectivity index (χ2v) is 7.52. The standard InChI is InChI=1S/C19H19BClFO3/c1-18(2)19(3,4)25-20(24-18)14-10-13(11-15(22)16(14)21)17(23)12-8-6-5-7-9-12/h5-11H,1-4H3. The first-order valence-corrected chi connectivity index (χ1v) is 8.44. The lowest BCUT2D eigenvalue weighted by atomic mass is 9.77. The molecule has 0 N–H and O–H groups in total. The van der Waals surface area contributed by atoms with Gasteiger partial charge in [-0.15, -0.1) is 0 Å². The number of hydrogen-bond donors (Lipinski definition) is 0. The van der Waals surface area contributed by atoms with Crippen LogP contribution in [-0.2, 0) is 9.31 Å². The predicted octanol–water partition coefficient (Wildman–Crippen LogP) is 4.01. The van der Waals surface area contributed by atoms with Gasteiger partial charge in [0.25, 0.3) is 0 Å². The average Bonchev–Trinajstić information content (AvgIpc) is 2.77. The van der Waals surface area contributed by atoms with E-state index < -0.39 is 24.1 Å². The Morgan fingerprint density at radius 3 is 2.12 bits per heavy atom. The summed E-state index contributed by atoms with van der Waals surface area (Å²) in [6, 6.07) is 11.4. The van der Waals surface area contributed by atoms with Gasteiger partial charge >= 0.3 is 7.12 Å². The number of ketones is 1. The Morgan fingerprint density at radius 2 is 1.56 bits per heavy atom. The van der Waals surface area contributed by atoms with E-state index in [1.165, 1.54) is 0 Å². The van der Waals surface area contributed by atoms with Crippen LogP contribution in [0.1, 0.15) is 43.6 Å². The smallest absolute Gasteiger partial charge is 0.399 e. The zero-order valence-electron chi connectivity index (χ0n) is 14.6. The first kappa shape index (κ1) is 18.1. The maximum absolute atomic E-state index is 14.4. The Bertz CT molecular complexity index is 805. The van der Waals surface area contributed by atoms with Crippen molar-refractivity contribution in [2.24, 2.45) is 0 Å². The van der Waals surface area contributed by atoms with Crippen LogP contribution in [-0.4, -0.2) is 24.1 Å². The second-order valence-electron chi connectivity index (χ2n) is 7.14. The van der Waals surface area contributed by atoms with Crippen molar-refractivity contribution in [3.05, 3.63) is 64.4 Å². The number of rotatable bonds is 3. The summed E-state index contributed by atoms with van der Waals surface area (Å²) in [5.41, 5.74) is -0.171. The summed E-state index contributed by atoms with van der Waals surface area (Å²) >= 11 is 6.14. The van der Waals surface area contributed by atoms with Crippen LogP contribution < -0.4 is 5.46 Å². The molecule has 0 spiro atoms. The Balaban J connectivity index is 2.02. The SMILES string of the molecule is CC1(C)OB(c2cc(C(=O)c3ccccc3)cc(F)c2Cl)OC1(C)C. The Morgan fingerprint density at radius 1 is 1.00 bits per heavy atom. The normalized spacial score (nSPS) is 18.4. The molecule has 0 atom stereocenters. The molecule has 1 aliphatic heterocycles. The van der Waals surface area contributed by atoms with Crippen molar-refractivity contribution in [1.82, 2.24) is 0 Å². The molecule has 6 heteroatoms. The molecule has 3 rings (SSSR count). The number of benzene rings is 2. The number of carbonyl (C=O) groups is 1. The zero-order chi connectivity index (χ0) is 18.4. The van der Waals surface area contributed by atoms with Gasteiger partial charge in [0.05, 0.1) is 16.2 Å². The molecule has 0 amide bonds. The van der Waals surface area contributed by atoms with Gasteiger partial charge in [0.2, 0.25) is 0 Å². The lowest BCUT2D eigenvalue weighted by molar-refractivity contribution is 0.00578. The van der Waals surface area contributed by atoms with E-state index in [1.54, 1.807) is 30.3 Å². The molecule has 130 valence electrons. The van der Waals surface area contributed by atoms with Crippen molar-refractivity contribution in [3.63, 3.8) is 0 Å². The molecule has 25 heavy (non-hydrogen) atoms. The predicted molar refractivity (Wildman–Crippen MR) is 97.0 cm³/mol. The van der Waals surface area contributed by atoms with E-state index in [4.69, 9.17) is 20.9 Å². The van der Waals surface area contributed by atoms with Crippen LogP contribution in [0.15, 0.2) is 42.5 Å². The summed E-state index contributed by atoms with van der Waals surface area (Å²) in [5, 5.41) is -0.0943. The Hall–Kier alpha value is -1.69. The highest BCUT2D eigenvalue weighted by atomic mass is 35.5. The number of carbonyl (C=O) groups excluding carboxylic acids is 1. The van der Waals surface area contributed by atoms with E-state index in [1.807, 2.05) is 33.8 Å². The van der Waals surface area contributed by atoms with Crippen LogP contribution in [0.25, 0.3) is 0 Å². The summed E-state index contributed by atoms with van der Waals surface area (Å²) in [5.74, 6) is -0.956. The molecule has 1 fully saturated rings. The van der Waals surface area contributed by atoms with Gasteiger partial charge < -0.3 is 9.31 Å². The van der Waals surface area contributed by atoms with Gasteiger partial charge in [-0.1, -0.05) is 41.9 Å². The first-order chi connectivity index (χ1) is 11.6. The van der Waals surface area contributed by atoms with E-state index >= 15 is 0 Å². The van der Waals surface area contributed by atoms with Crippen molar-refractivity contribution in [2.45, 2.75) is 38.9 Å². The zero-order valence-corrected chi connectivity index (χ0v) is 15.4. The highest BCUT2D eigenvalue weighted by molar-refractivity contribution is 6.65.